The molecule has 1 aliphatic rings. The zero-order valence-corrected chi connectivity index (χ0v) is 25.4. The number of amides is 4. The first-order chi connectivity index (χ1) is 19.2. The van der Waals surface area contributed by atoms with Crippen molar-refractivity contribution in [2.45, 2.75) is 33.4 Å². The minimum Gasteiger partial charge on any atom is -0.493 e. The Kier molecular flexibility index (Phi) is 9.65. The van der Waals surface area contributed by atoms with Crippen LogP contribution < -0.4 is 19.5 Å². The zero-order valence-electron chi connectivity index (χ0n) is 22.3. The summed E-state index contributed by atoms with van der Waals surface area (Å²) in [5, 5.41) is 2.26. The van der Waals surface area contributed by atoms with Crippen molar-refractivity contribution in [1.82, 2.24) is 10.2 Å². The van der Waals surface area contributed by atoms with Crippen molar-refractivity contribution in [3.8, 4) is 17.2 Å². The third kappa shape index (κ3) is 6.92. The summed E-state index contributed by atoms with van der Waals surface area (Å²) >= 11 is 7.04. The van der Waals surface area contributed by atoms with Gasteiger partial charge in [0.2, 0.25) is 0 Å². The average molecular weight is 672 g/mol. The van der Waals surface area contributed by atoms with Crippen molar-refractivity contribution in [2.24, 2.45) is 0 Å². The SMILES string of the molecule is CCCOc1ccc(CN2C(=O)NC(=O)/C(=C\c3cc(Br)c(OCc4ccc(C)cc4)c(Br)c3)C2=O)cc1OC. The second-order valence-corrected chi connectivity index (χ2v) is 10.8. The van der Waals surface area contributed by atoms with Gasteiger partial charge in [-0.25, -0.2) is 4.79 Å². The molecule has 10 heteroatoms. The van der Waals surface area contributed by atoms with Gasteiger partial charge in [0, 0.05) is 0 Å². The Balaban J connectivity index is 1.53. The maximum absolute atomic E-state index is 13.3. The number of carbonyl (C=O) groups excluding carboxylic acids is 3. The summed E-state index contributed by atoms with van der Waals surface area (Å²) in [6.45, 7) is 4.87. The number of rotatable bonds is 10. The number of ether oxygens (including phenoxy) is 3. The first-order valence-corrected chi connectivity index (χ1v) is 14.1. The van der Waals surface area contributed by atoms with Crippen molar-refractivity contribution in [1.29, 1.82) is 0 Å². The molecule has 40 heavy (non-hydrogen) atoms. The summed E-state index contributed by atoms with van der Waals surface area (Å²) in [6.07, 6.45) is 2.28. The van der Waals surface area contributed by atoms with Crippen LogP contribution in [0.1, 0.15) is 35.6 Å². The molecular weight excluding hydrogens is 644 g/mol. The van der Waals surface area contributed by atoms with Crippen LogP contribution in [0.2, 0.25) is 0 Å². The molecule has 0 unspecified atom stereocenters. The highest BCUT2D eigenvalue weighted by molar-refractivity contribution is 9.11. The predicted octanol–water partition coefficient (Wildman–Crippen LogP) is 6.56. The minimum absolute atomic E-state index is 0.0567. The topological polar surface area (TPSA) is 94.2 Å². The van der Waals surface area contributed by atoms with Gasteiger partial charge >= 0.3 is 6.03 Å². The van der Waals surface area contributed by atoms with E-state index in [1.54, 1.807) is 30.3 Å². The van der Waals surface area contributed by atoms with Crippen LogP contribution in [0.4, 0.5) is 4.79 Å². The van der Waals surface area contributed by atoms with Crippen molar-refractivity contribution in [2.75, 3.05) is 13.7 Å². The van der Waals surface area contributed by atoms with E-state index in [-0.39, 0.29) is 12.1 Å². The largest absolute Gasteiger partial charge is 0.493 e. The summed E-state index contributed by atoms with van der Waals surface area (Å²) in [6, 6.07) is 15.9. The van der Waals surface area contributed by atoms with E-state index in [0.29, 0.717) is 50.5 Å². The molecular formula is C30H28Br2N2O6. The Labute approximate surface area is 249 Å². The summed E-state index contributed by atoms with van der Waals surface area (Å²) in [5.74, 6) is 0.173. The number of imide groups is 2. The van der Waals surface area contributed by atoms with Gasteiger partial charge in [-0.2, -0.15) is 0 Å². The lowest BCUT2D eigenvalue weighted by atomic mass is 10.1. The fourth-order valence-electron chi connectivity index (χ4n) is 3.97. The van der Waals surface area contributed by atoms with Crippen LogP contribution in [-0.2, 0) is 22.7 Å². The number of methoxy groups -OCH3 is 1. The number of carbonyl (C=O) groups is 3. The molecule has 0 saturated carbocycles. The highest BCUT2D eigenvalue weighted by atomic mass is 79.9. The lowest BCUT2D eigenvalue weighted by Gasteiger charge is -2.26. The molecule has 0 aromatic heterocycles. The van der Waals surface area contributed by atoms with Crippen LogP contribution >= 0.6 is 31.9 Å². The fraction of sp³-hybridized carbons (Fsp3) is 0.233. The van der Waals surface area contributed by atoms with Crippen LogP contribution in [0, 0.1) is 6.92 Å². The number of barbiturate groups is 1. The van der Waals surface area contributed by atoms with E-state index >= 15 is 0 Å². The van der Waals surface area contributed by atoms with Crippen LogP contribution in [0.25, 0.3) is 6.08 Å². The second kappa shape index (κ2) is 13.1. The first kappa shape index (κ1) is 29.4. The summed E-state index contributed by atoms with van der Waals surface area (Å²) in [4.78, 5) is 39.5. The Bertz CT molecular complexity index is 1450. The maximum atomic E-state index is 13.3. The number of nitrogens with one attached hydrogen (secondary N) is 1. The van der Waals surface area contributed by atoms with Crippen molar-refractivity contribution < 1.29 is 28.6 Å². The van der Waals surface area contributed by atoms with E-state index in [9.17, 15) is 14.4 Å². The maximum Gasteiger partial charge on any atom is 0.331 e. The molecule has 3 aromatic rings. The molecule has 3 aromatic carbocycles. The molecule has 4 rings (SSSR count). The Morgan fingerprint density at radius 3 is 2.23 bits per heavy atom. The Hall–Kier alpha value is -3.63. The quantitative estimate of drug-likeness (QED) is 0.194. The molecule has 1 aliphatic heterocycles. The smallest absolute Gasteiger partial charge is 0.331 e. The minimum atomic E-state index is -0.792. The summed E-state index contributed by atoms with van der Waals surface area (Å²) < 4.78 is 18.3. The highest BCUT2D eigenvalue weighted by Crippen LogP contribution is 2.36. The van der Waals surface area contributed by atoms with E-state index < -0.39 is 17.8 Å². The van der Waals surface area contributed by atoms with E-state index in [1.807, 2.05) is 38.1 Å². The standard InChI is InChI=1S/C30H28Br2N2O6/c1-4-11-39-25-10-9-20(15-26(25)38-3)16-34-29(36)22(28(35)33-30(34)37)12-21-13-23(31)27(24(32)14-21)40-17-19-7-5-18(2)6-8-19/h5-10,12-15H,4,11,16-17H2,1-3H3,(H,33,35,37)/b22-12+. The van der Waals surface area contributed by atoms with Crippen LogP contribution in [-0.4, -0.2) is 36.5 Å². The highest BCUT2D eigenvalue weighted by Gasteiger charge is 2.36. The number of hydrogen-bond acceptors (Lipinski definition) is 6. The monoisotopic (exact) mass is 670 g/mol. The number of nitrogens with zero attached hydrogens (tertiary/aromatic N) is 1. The average Bonchev–Trinajstić information content (AvgIpc) is 2.93. The van der Waals surface area contributed by atoms with Gasteiger partial charge in [0.05, 0.1) is 29.2 Å². The lowest BCUT2D eigenvalue weighted by Crippen LogP contribution is -2.53. The zero-order chi connectivity index (χ0) is 28.8. The third-order valence-electron chi connectivity index (χ3n) is 6.05. The third-order valence-corrected chi connectivity index (χ3v) is 7.23. The molecule has 1 heterocycles. The molecule has 1 N–H and O–H groups in total. The number of benzene rings is 3. The molecule has 1 fully saturated rings. The van der Waals surface area contributed by atoms with Gasteiger partial charge in [-0.1, -0.05) is 42.8 Å². The molecule has 0 aliphatic carbocycles. The van der Waals surface area contributed by atoms with E-state index in [0.717, 1.165) is 16.9 Å². The molecule has 8 nitrogen and oxygen atoms in total. The molecule has 0 bridgehead atoms. The molecule has 4 amide bonds. The van der Waals surface area contributed by atoms with Gasteiger partial charge in [-0.3, -0.25) is 19.8 Å². The summed E-state index contributed by atoms with van der Waals surface area (Å²) in [5.41, 5.74) is 3.22. The normalized spacial score (nSPS) is 14.4. The molecule has 1 saturated heterocycles. The Morgan fingerprint density at radius 2 is 1.57 bits per heavy atom. The van der Waals surface area contributed by atoms with Gasteiger partial charge in [0.1, 0.15) is 17.9 Å². The van der Waals surface area contributed by atoms with Crippen LogP contribution in [0.15, 0.2) is 69.1 Å². The fourth-order valence-corrected chi connectivity index (χ4v) is 5.42. The van der Waals surface area contributed by atoms with E-state index in [2.05, 4.69) is 37.2 Å². The van der Waals surface area contributed by atoms with Crippen molar-refractivity contribution in [3.05, 3.63) is 91.4 Å². The van der Waals surface area contributed by atoms with Gasteiger partial charge in [0.15, 0.2) is 11.5 Å². The van der Waals surface area contributed by atoms with Gasteiger partial charge in [0.25, 0.3) is 11.8 Å². The van der Waals surface area contributed by atoms with Gasteiger partial charge in [-0.15, -0.1) is 0 Å². The molecule has 0 spiro atoms. The molecule has 0 atom stereocenters. The van der Waals surface area contributed by atoms with E-state index in [4.69, 9.17) is 14.2 Å². The molecule has 0 radical (unpaired) electrons. The molecule has 208 valence electrons. The lowest BCUT2D eigenvalue weighted by molar-refractivity contribution is -0.130. The van der Waals surface area contributed by atoms with Gasteiger partial charge < -0.3 is 14.2 Å². The number of hydrogen-bond donors (Lipinski definition) is 1. The Morgan fingerprint density at radius 1 is 0.900 bits per heavy atom. The van der Waals surface area contributed by atoms with Crippen molar-refractivity contribution in [3.63, 3.8) is 0 Å². The van der Waals surface area contributed by atoms with Gasteiger partial charge in [-0.05, 0) is 92.2 Å². The van der Waals surface area contributed by atoms with E-state index in [1.165, 1.54) is 18.7 Å². The predicted molar refractivity (Wildman–Crippen MR) is 158 cm³/mol. The van der Waals surface area contributed by atoms with Crippen LogP contribution in [0.3, 0.4) is 0 Å². The number of halogens is 2. The number of aryl methyl sites for hydroxylation is 1. The second-order valence-electron chi connectivity index (χ2n) is 9.13. The first-order valence-electron chi connectivity index (χ1n) is 12.6. The van der Waals surface area contributed by atoms with Crippen molar-refractivity contribution >= 4 is 55.8 Å². The summed E-state index contributed by atoms with van der Waals surface area (Å²) in [7, 11) is 1.52. The van der Waals surface area contributed by atoms with Crippen LogP contribution in [0.5, 0.6) is 17.2 Å². The number of urea groups is 1.